The molecule has 26 heavy (non-hydrogen) atoms. The van der Waals surface area contributed by atoms with Gasteiger partial charge in [0.1, 0.15) is 16.3 Å². The number of thiazole rings is 1. The summed E-state index contributed by atoms with van der Waals surface area (Å²) < 4.78 is 6.39. The molecule has 130 valence electrons. The first-order valence-electron chi connectivity index (χ1n) is 7.92. The van der Waals surface area contributed by atoms with Crippen molar-refractivity contribution in [1.29, 1.82) is 5.26 Å². The number of rotatable bonds is 3. The highest BCUT2D eigenvalue weighted by Crippen LogP contribution is 2.44. The third-order valence-corrected chi connectivity index (χ3v) is 5.11. The Bertz CT molecular complexity index is 1130. The van der Waals surface area contributed by atoms with E-state index in [2.05, 4.69) is 26.3 Å². The lowest BCUT2D eigenvalue weighted by Crippen LogP contribution is -2.27. The maximum Gasteiger partial charge on any atom is 0.257 e. The van der Waals surface area contributed by atoms with E-state index in [9.17, 15) is 10.1 Å². The molecule has 4 N–H and O–H groups in total. The second-order valence-corrected chi connectivity index (χ2v) is 6.63. The second-order valence-electron chi connectivity index (χ2n) is 5.63. The Morgan fingerprint density at radius 2 is 2.23 bits per heavy atom. The van der Waals surface area contributed by atoms with Crippen molar-refractivity contribution in [3.63, 3.8) is 0 Å². The number of hydrogen-bond acceptors (Lipinski definition) is 8. The SMILES string of the molecule is CCNc1nc2[nH]c(=O)c3c(c2s1)OC(N)=C(C#N)[C@H]3c1ccncc1. The van der Waals surface area contributed by atoms with Gasteiger partial charge in [0, 0.05) is 18.9 Å². The molecule has 0 saturated carbocycles. The number of hydrogen-bond donors (Lipinski definition) is 3. The number of aromatic nitrogens is 3. The average Bonchev–Trinajstić information content (AvgIpc) is 3.04. The van der Waals surface area contributed by atoms with E-state index in [1.54, 1.807) is 24.5 Å². The van der Waals surface area contributed by atoms with Gasteiger partial charge in [-0.1, -0.05) is 11.3 Å². The monoisotopic (exact) mass is 366 g/mol. The molecule has 1 aliphatic heterocycles. The van der Waals surface area contributed by atoms with Crippen molar-refractivity contribution in [2.45, 2.75) is 12.8 Å². The lowest BCUT2D eigenvalue weighted by atomic mass is 9.85. The molecule has 9 heteroatoms. The lowest BCUT2D eigenvalue weighted by molar-refractivity contribution is 0.397. The smallest absolute Gasteiger partial charge is 0.257 e. The van der Waals surface area contributed by atoms with Crippen LogP contribution in [0.25, 0.3) is 10.3 Å². The van der Waals surface area contributed by atoms with Crippen molar-refractivity contribution in [2.75, 3.05) is 11.9 Å². The molecule has 0 bridgehead atoms. The molecular weight excluding hydrogens is 352 g/mol. The summed E-state index contributed by atoms with van der Waals surface area (Å²) >= 11 is 1.36. The minimum absolute atomic E-state index is 0.00730. The Morgan fingerprint density at radius 3 is 2.92 bits per heavy atom. The summed E-state index contributed by atoms with van der Waals surface area (Å²) in [4.78, 5) is 24.0. The Hall–Kier alpha value is -3.38. The summed E-state index contributed by atoms with van der Waals surface area (Å²) in [6.07, 6.45) is 3.22. The fourth-order valence-corrected chi connectivity index (χ4v) is 3.99. The Labute approximate surface area is 152 Å². The van der Waals surface area contributed by atoms with Crippen LogP contribution in [0.1, 0.15) is 24.0 Å². The molecule has 1 aliphatic rings. The van der Waals surface area contributed by atoms with E-state index in [0.29, 0.717) is 33.3 Å². The van der Waals surface area contributed by atoms with Gasteiger partial charge in [-0.15, -0.1) is 0 Å². The van der Waals surface area contributed by atoms with Crippen LogP contribution in [0.2, 0.25) is 0 Å². The van der Waals surface area contributed by atoms with Crippen LogP contribution in [0.15, 0.2) is 40.8 Å². The molecule has 4 heterocycles. The number of nitrogens with two attached hydrogens (primary N) is 1. The van der Waals surface area contributed by atoms with Gasteiger partial charge in [0.15, 0.2) is 16.5 Å². The quantitative estimate of drug-likeness (QED) is 0.646. The fraction of sp³-hybridized carbons (Fsp3) is 0.176. The number of nitrogens with one attached hydrogen (secondary N) is 2. The van der Waals surface area contributed by atoms with E-state index in [4.69, 9.17) is 10.5 Å². The van der Waals surface area contributed by atoms with Crippen molar-refractivity contribution >= 4 is 26.8 Å². The summed E-state index contributed by atoms with van der Waals surface area (Å²) in [6.45, 7) is 2.66. The minimum atomic E-state index is -0.621. The van der Waals surface area contributed by atoms with Crippen molar-refractivity contribution in [2.24, 2.45) is 5.73 Å². The second kappa shape index (κ2) is 6.16. The number of nitrogens with zero attached hydrogens (tertiary/aromatic N) is 3. The van der Waals surface area contributed by atoms with Gasteiger partial charge in [0.25, 0.3) is 5.56 Å². The summed E-state index contributed by atoms with van der Waals surface area (Å²) in [7, 11) is 0. The molecular formula is C17H14N6O2S. The average molecular weight is 366 g/mol. The molecule has 0 aliphatic carbocycles. The minimum Gasteiger partial charge on any atom is -0.438 e. The van der Waals surface area contributed by atoms with Crippen LogP contribution >= 0.6 is 11.3 Å². The molecule has 0 spiro atoms. The highest BCUT2D eigenvalue weighted by Gasteiger charge is 2.35. The lowest BCUT2D eigenvalue weighted by Gasteiger charge is -2.25. The molecule has 0 radical (unpaired) electrons. The molecule has 3 aromatic rings. The highest BCUT2D eigenvalue weighted by molar-refractivity contribution is 7.22. The number of ether oxygens (including phenoxy) is 1. The maximum absolute atomic E-state index is 12.8. The first-order valence-corrected chi connectivity index (χ1v) is 8.73. The van der Waals surface area contributed by atoms with E-state index in [1.165, 1.54) is 11.3 Å². The first-order chi connectivity index (χ1) is 12.6. The predicted molar refractivity (Wildman–Crippen MR) is 97.9 cm³/mol. The standard InChI is InChI=1S/C17H14N6O2S/c1-2-21-17-23-15-13(26-17)12-11(16(24)22-15)10(8-3-5-20-6-4-8)9(7-18)14(19)25-12/h3-6,10H,2,19H2,1H3,(H2,21,22,23,24)/t10-/m1/s1. The Balaban J connectivity index is 2.03. The molecule has 1 atom stereocenters. The number of allylic oxidation sites excluding steroid dienone is 1. The van der Waals surface area contributed by atoms with Crippen LogP contribution in [0.5, 0.6) is 5.75 Å². The van der Waals surface area contributed by atoms with Crippen LogP contribution in [0.4, 0.5) is 5.13 Å². The molecule has 4 rings (SSSR count). The number of aromatic amines is 1. The van der Waals surface area contributed by atoms with Crippen LogP contribution in [-0.2, 0) is 0 Å². The Morgan fingerprint density at radius 1 is 1.46 bits per heavy atom. The van der Waals surface area contributed by atoms with Gasteiger partial charge in [-0.05, 0) is 24.6 Å². The highest BCUT2D eigenvalue weighted by atomic mass is 32.1. The van der Waals surface area contributed by atoms with Gasteiger partial charge in [0.05, 0.1) is 11.5 Å². The Kier molecular flexibility index (Phi) is 3.82. The summed E-state index contributed by atoms with van der Waals surface area (Å²) in [6, 6.07) is 5.59. The number of H-pyrrole nitrogens is 1. The molecule has 0 fully saturated rings. The normalized spacial score (nSPS) is 16.1. The van der Waals surface area contributed by atoms with Crippen molar-refractivity contribution < 1.29 is 4.74 Å². The van der Waals surface area contributed by atoms with Gasteiger partial charge >= 0.3 is 0 Å². The van der Waals surface area contributed by atoms with Crippen LogP contribution in [-0.4, -0.2) is 21.5 Å². The third-order valence-electron chi connectivity index (χ3n) is 4.10. The zero-order valence-electron chi connectivity index (χ0n) is 13.7. The van der Waals surface area contributed by atoms with Crippen molar-refractivity contribution in [3.05, 3.63) is 57.5 Å². The van der Waals surface area contributed by atoms with Crippen LogP contribution in [0, 0.1) is 11.3 Å². The molecule has 0 saturated heterocycles. The van der Waals surface area contributed by atoms with Crippen molar-refractivity contribution in [1.82, 2.24) is 15.0 Å². The van der Waals surface area contributed by atoms with E-state index in [1.807, 2.05) is 6.92 Å². The predicted octanol–water partition coefficient (Wildman–Crippen LogP) is 2.03. The molecule has 0 aromatic carbocycles. The van der Waals surface area contributed by atoms with Gasteiger partial charge < -0.3 is 20.8 Å². The van der Waals surface area contributed by atoms with Gasteiger partial charge in [0.2, 0.25) is 5.88 Å². The number of pyridine rings is 2. The maximum atomic E-state index is 12.8. The number of anilines is 1. The van der Waals surface area contributed by atoms with E-state index >= 15 is 0 Å². The molecule has 0 amide bonds. The molecule has 8 nitrogen and oxygen atoms in total. The van der Waals surface area contributed by atoms with E-state index in [-0.39, 0.29) is 17.0 Å². The summed E-state index contributed by atoms with van der Waals surface area (Å²) in [5, 5.41) is 13.4. The zero-order chi connectivity index (χ0) is 18.3. The van der Waals surface area contributed by atoms with E-state index < -0.39 is 5.92 Å². The van der Waals surface area contributed by atoms with Gasteiger partial charge in [-0.25, -0.2) is 4.98 Å². The topological polar surface area (TPSA) is 130 Å². The van der Waals surface area contributed by atoms with Crippen LogP contribution < -0.4 is 21.3 Å². The first kappa shape index (κ1) is 16.1. The summed E-state index contributed by atoms with van der Waals surface area (Å²) in [5.74, 6) is -0.277. The van der Waals surface area contributed by atoms with E-state index in [0.717, 1.165) is 5.56 Å². The molecule has 3 aromatic heterocycles. The van der Waals surface area contributed by atoms with Gasteiger partial charge in [-0.2, -0.15) is 5.26 Å². The van der Waals surface area contributed by atoms with Gasteiger partial charge in [-0.3, -0.25) is 9.78 Å². The zero-order valence-corrected chi connectivity index (χ0v) is 14.6. The summed E-state index contributed by atoms with van der Waals surface area (Å²) in [5.41, 5.74) is 7.37. The largest absolute Gasteiger partial charge is 0.438 e. The molecule has 0 unspecified atom stereocenters. The van der Waals surface area contributed by atoms with Crippen molar-refractivity contribution in [3.8, 4) is 11.8 Å². The van der Waals surface area contributed by atoms with Crippen LogP contribution in [0.3, 0.4) is 0 Å². The number of fused-ring (bicyclic) bond motifs is 3. The number of nitriles is 1. The fourth-order valence-electron chi connectivity index (χ4n) is 3.01. The third kappa shape index (κ3) is 2.39.